The first-order chi connectivity index (χ1) is 11.6. The van der Waals surface area contributed by atoms with Gasteiger partial charge in [-0.15, -0.1) is 0 Å². The van der Waals surface area contributed by atoms with Gasteiger partial charge in [-0.3, -0.25) is 0 Å². The highest BCUT2D eigenvalue weighted by molar-refractivity contribution is 5.80. The highest BCUT2D eigenvalue weighted by Gasteiger charge is 2.33. The van der Waals surface area contributed by atoms with Gasteiger partial charge in [0.15, 0.2) is 5.96 Å². The van der Waals surface area contributed by atoms with E-state index in [2.05, 4.69) is 60.6 Å². The molecule has 1 aliphatic carbocycles. The van der Waals surface area contributed by atoms with Crippen LogP contribution in [0, 0.1) is 5.92 Å². The van der Waals surface area contributed by atoms with E-state index in [4.69, 9.17) is 4.74 Å². The van der Waals surface area contributed by atoms with E-state index in [0.717, 1.165) is 43.7 Å². The van der Waals surface area contributed by atoms with Crippen molar-refractivity contribution in [3.05, 3.63) is 29.8 Å². The minimum atomic E-state index is 0.584. The molecular formula is C19H32N4O. The molecular weight excluding hydrogens is 300 g/mol. The Morgan fingerprint density at radius 2 is 2.00 bits per heavy atom. The van der Waals surface area contributed by atoms with Crippen molar-refractivity contribution in [2.24, 2.45) is 10.9 Å². The van der Waals surface area contributed by atoms with Gasteiger partial charge in [0.25, 0.3) is 0 Å². The van der Waals surface area contributed by atoms with Crippen LogP contribution in [0.1, 0.15) is 32.3 Å². The number of rotatable bonds is 9. The fourth-order valence-corrected chi connectivity index (χ4v) is 2.45. The van der Waals surface area contributed by atoms with Crippen molar-refractivity contribution in [2.75, 3.05) is 33.8 Å². The van der Waals surface area contributed by atoms with Gasteiger partial charge < -0.3 is 20.3 Å². The molecule has 5 nitrogen and oxygen atoms in total. The first-order valence-electron chi connectivity index (χ1n) is 8.99. The average Bonchev–Trinajstić information content (AvgIpc) is 3.25. The lowest BCUT2D eigenvalue weighted by molar-refractivity contribution is 0.281. The highest BCUT2D eigenvalue weighted by atomic mass is 16.5. The second-order valence-electron chi connectivity index (χ2n) is 6.81. The summed E-state index contributed by atoms with van der Waals surface area (Å²) in [4.78, 5) is 6.84. The Kier molecular flexibility index (Phi) is 7.37. The molecule has 0 amide bonds. The molecule has 0 saturated heterocycles. The zero-order valence-corrected chi connectivity index (χ0v) is 15.5. The zero-order valence-electron chi connectivity index (χ0n) is 15.5. The summed E-state index contributed by atoms with van der Waals surface area (Å²) in [6, 6.07) is 8.83. The monoisotopic (exact) mass is 332 g/mol. The molecule has 0 aromatic heterocycles. The Morgan fingerprint density at radius 1 is 1.29 bits per heavy atom. The van der Waals surface area contributed by atoms with Gasteiger partial charge in [-0.2, -0.15) is 0 Å². The van der Waals surface area contributed by atoms with E-state index in [-0.39, 0.29) is 0 Å². The third kappa shape index (κ3) is 6.79. The Balaban J connectivity index is 1.78. The maximum Gasteiger partial charge on any atom is 0.191 e. The first kappa shape index (κ1) is 18.6. The summed E-state index contributed by atoms with van der Waals surface area (Å²) in [5.41, 5.74) is 1.19. The van der Waals surface area contributed by atoms with Gasteiger partial charge in [-0.25, -0.2) is 4.99 Å². The normalized spacial score (nSPS) is 20.1. The largest absolute Gasteiger partial charge is 0.494 e. The predicted octanol–water partition coefficient (Wildman–Crippen LogP) is 2.48. The van der Waals surface area contributed by atoms with E-state index in [1.807, 2.05) is 12.1 Å². The van der Waals surface area contributed by atoms with Crippen molar-refractivity contribution in [1.82, 2.24) is 15.5 Å². The molecule has 0 bridgehead atoms. The van der Waals surface area contributed by atoms with E-state index >= 15 is 0 Å². The maximum absolute atomic E-state index is 5.76. The molecule has 2 atom stereocenters. The van der Waals surface area contributed by atoms with Crippen LogP contribution in [-0.4, -0.2) is 50.7 Å². The Morgan fingerprint density at radius 3 is 2.58 bits per heavy atom. The van der Waals surface area contributed by atoms with E-state index < -0.39 is 0 Å². The molecule has 134 valence electrons. The molecule has 0 radical (unpaired) electrons. The molecule has 1 aliphatic rings. The smallest absolute Gasteiger partial charge is 0.191 e. The van der Waals surface area contributed by atoms with Crippen molar-refractivity contribution < 1.29 is 4.74 Å². The third-order valence-corrected chi connectivity index (χ3v) is 4.14. The quantitative estimate of drug-likeness (QED) is 0.414. The maximum atomic E-state index is 5.76. The minimum absolute atomic E-state index is 0.584. The van der Waals surface area contributed by atoms with Crippen LogP contribution in [0.25, 0.3) is 0 Å². The summed E-state index contributed by atoms with van der Waals surface area (Å²) in [6.45, 7) is 7.72. The van der Waals surface area contributed by atoms with Crippen molar-refractivity contribution in [2.45, 2.75) is 39.3 Å². The molecule has 1 saturated carbocycles. The van der Waals surface area contributed by atoms with Gasteiger partial charge in [-0.05, 0) is 57.5 Å². The highest BCUT2D eigenvalue weighted by Crippen LogP contribution is 2.28. The van der Waals surface area contributed by atoms with Gasteiger partial charge >= 0.3 is 0 Å². The molecule has 2 N–H and O–H groups in total. The fraction of sp³-hybridized carbons (Fsp3) is 0.632. The Labute approximate surface area is 146 Å². The lowest BCUT2D eigenvalue weighted by atomic mass is 10.2. The van der Waals surface area contributed by atoms with Gasteiger partial charge in [-0.1, -0.05) is 19.1 Å². The molecule has 5 heteroatoms. The van der Waals surface area contributed by atoms with Crippen LogP contribution in [0.4, 0.5) is 0 Å². The molecule has 24 heavy (non-hydrogen) atoms. The zero-order chi connectivity index (χ0) is 17.4. The summed E-state index contributed by atoms with van der Waals surface area (Å²) < 4.78 is 5.76. The predicted molar refractivity (Wildman–Crippen MR) is 101 cm³/mol. The minimum Gasteiger partial charge on any atom is -0.494 e. The van der Waals surface area contributed by atoms with Crippen LogP contribution in [0.5, 0.6) is 5.75 Å². The second kappa shape index (κ2) is 9.52. The SMILES string of the molecule is CCNC(=NCc1ccc(OCCCN(C)C)cc1)NC1CC1C. The lowest BCUT2D eigenvalue weighted by Gasteiger charge is -2.11. The van der Waals surface area contributed by atoms with Gasteiger partial charge in [0.2, 0.25) is 0 Å². The third-order valence-electron chi connectivity index (χ3n) is 4.14. The van der Waals surface area contributed by atoms with E-state index in [1.165, 1.54) is 12.0 Å². The van der Waals surface area contributed by atoms with E-state index in [1.54, 1.807) is 0 Å². The van der Waals surface area contributed by atoms with Crippen LogP contribution in [0.3, 0.4) is 0 Å². The molecule has 2 unspecified atom stereocenters. The fourth-order valence-electron chi connectivity index (χ4n) is 2.45. The first-order valence-corrected chi connectivity index (χ1v) is 8.99. The average molecular weight is 332 g/mol. The van der Waals surface area contributed by atoms with Crippen LogP contribution < -0.4 is 15.4 Å². The Bertz CT molecular complexity index is 513. The summed E-state index contributed by atoms with van der Waals surface area (Å²) in [7, 11) is 4.16. The summed E-state index contributed by atoms with van der Waals surface area (Å²) in [5, 5.41) is 6.79. The van der Waals surface area contributed by atoms with Crippen molar-refractivity contribution in [1.29, 1.82) is 0 Å². The number of ether oxygens (including phenoxy) is 1. The summed E-state index contributed by atoms with van der Waals surface area (Å²) in [5.74, 6) is 2.60. The van der Waals surface area contributed by atoms with Crippen LogP contribution in [0.2, 0.25) is 0 Å². The number of nitrogens with one attached hydrogen (secondary N) is 2. The number of hydrogen-bond donors (Lipinski definition) is 2. The van der Waals surface area contributed by atoms with Gasteiger partial charge in [0.05, 0.1) is 13.2 Å². The topological polar surface area (TPSA) is 48.9 Å². The lowest BCUT2D eigenvalue weighted by Crippen LogP contribution is -2.39. The second-order valence-corrected chi connectivity index (χ2v) is 6.81. The molecule has 1 aromatic rings. The summed E-state index contributed by atoms with van der Waals surface area (Å²) in [6.07, 6.45) is 2.28. The van der Waals surface area contributed by atoms with Crippen molar-refractivity contribution in [3.63, 3.8) is 0 Å². The van der Waals surface area contributed by atoms with E-state index in [0.29, 0.717) is 12.6 Å². The number of benzene rings is 1. The molecule has 1 aromatic carbocycles. The molecule has 0 spiro atoms. The van der Waals surface area contributed by atoms with Gasteiger partial charge in [0, 0.05) is 19.1 Å². The van der Waals surface area contributed by atoms with Crippen molar-refractivity contribution in [3.8, 4) is 5.75 Å². The number of aliphatic imine (C=N–C) groups is 1. The van der Waals surface area contributed by atoms with Gasteiger partial charge in [0.1, 0.15) is 5.75 Å². The number of nitrogens with zero attached hydrogens (tertiary/aromatic N) is 2. The summed E-state index contributed by atoms with van der Waals surface area (Å²) >= 11 is 0. The molecule has 2 rings (SSSR count). The molecule has 0 aliphatic heterocycles. The number of hydrogen-bond acceptors (Lipinski definition) is 3. The van der Waals surface area contributed by atoms with Crippen LogP contribution >= 0.6 is 0 Å². The standard InChI is InChI=1S/C19H32N4O/c1-5-20-19(22-18-13-15(18)2)21-14-16-7-9-17(10-8-16)24-12-6-11-23(3)4/h7-10,15,18H,5-6,11-14H2,1-4H3,(H2,20,21,22). The molecule has 1 fully saturated rings. The van der Waals surface area contributed by atoms with Crippen molar-refractivity contribution >= 4 is 5.96 Å². The molecule has 0 heterocycles. The van der Waals surface area contributed by atoms with Crippen LogP contribution in [0.15, 0.2) is 29.3 Å². The van der Waals surface area contributed by atoms with E-state index in [9.17, 15) is 0 Å². The Hall–Kier alpha value is -1.75. The van der Waals surface area contributed by atoms with Crippen LogP contribution in [-0.2, 0) is 6.54 Å². The number of guanidine groups is 1.